The summed E-state index contributed by atoms with van der Waals surface area (Å²) in [5.41, 5.74) is -0.102. The number of aliphatic hydroxyl groups excluding tert-OH is 1. The summed E-state index contributed by atoms with van der Waals surface area (Å²) in [6, 6.07) is 0.119. The molecule has 68 valence electrons. The number of hydrogen-bond donors (Lipinski definition) is 2. The van der Waals surface area contributed by atoms with Crippen LogP contribution in [-0.4, -0.2) is 21.3 Å². The molecule has 0 aliphatic rings. The van der Waals surface area contributed by atoms with Gasteiger partial charge in [0.15, 0.2) is 0 Å². The predicted molar refractivity (Wildman–Crippen MR) is 46.1 cm³/mol. The minimum atomic E-state index is -0.102. The second-order valence-electron chi connectivity index (χ2n) is 2.75. The van der Waals surface area contributed by atoms with Crippen LogP contribution in [0.25, 0.3) is 0 Å². The first-order valence-corrected chi connectivity index (χ1v) is 4.16. The van der Waals surface area contributed by atoms with Crippen molar-refractivity contribution in [2.45, 2.75) is 25.8 Å². The Kier molecular flexibility index (Phi) is 3.10. The second-order valence-corrected chi connectivity index (χ2v) is 2.75. The molecule has 0 saturated carbocycles. The molecule has 1 rings (SSSR count). The molecule has 1 atom stereocenters. The summed E-state index contributed by atoms with van der Waals surface area (Å²) in [7, 11) is 0. The Hall–Kier alpha value is -1.03. The summed E-state index contributed by atoms with van der Waals surface area (Å²) < 4.78 is 1.62. The SMILES string of the molecule is CCC(CCO)n1cc[nH]c1=O. The van der Waals surface area contributed by atoms with E-state index in [1.165, 1.54) is 0 Å². The normalized spacial score (nSPS) is 13.2. The first-order chi connectivity index (χ1) is 5.79. The lowest BCUT2D eigenvalue weighted by atomic mass is 10.1. The fourth-order valence-electron chi connectivity index (χ4n) is 1.31. The average molecular weight is 170 g/mol. The van der Waals surface area contributed by atoms with E-state index in [-0.39, 0.29) is 18.3 Å². The van der Waals surface area contributed by atoms with Crippen molar-refractivity contribution >= 4 is 0 Å². The monoisotopic (exact) mass is 170 g/mol. The quantitative estimate of drug-likeness (QED) is 0.691. The van der Waals surface area contributed by atoms with Crippen molar-refractivity contribution in [2.75, 3.05) is 6.61 Å². The molecule has 0 aliphatic heterocycles. The average Bonchev–Trinajstić information content (AvgIpc) is 2.47. The second kappa shape index (κ2) is 4.11. The Morgan fingerprint density at radius 3 is 2.92 bits per heavy atom. The number of aromatic amines is 1. The summed E-state index contributed by atoms with van der Waals surface area (Å²) in [5.74, 6) is 0. The van der Waals surface area contributed by atoms with Gasteiger partial charge in [-0.3, -0.25) is 4.57 Å². The zero-order valence-corrected chi connectivity index (χ0v) is 7.16. The molecule has 0 spiro atoms. The number of hydrogen-bond acceptors (Lipinski definition) is 2. The van der Waals surface area contributed by atoms with Gasteiger partial charge in [-0.25, -0.2) is 4.79 Å². The van der Waals surface area contributed by atoms with Gasteiger partial charge in [0.25, 0.3) is 0 Å². The van der Waals surface area contributed by atoms with Gasteiger partial charge in [0.05, 0.1) is 0 Å². The Morgan fingerprint density at radius 2 is 2.50 bits per heavy atom. The molecule has 12 heavy (non-hydrogen) atoms. The maximum Gasteiger partial charge on any atom is 0.325 e. The summed E-state index contributed by atoms with van der Waals surface area (Å²) >= 11 is 0. The summed E-state index contributed by atoms with van der Waals surface area (Å²) in [6.07, 6.45) is 4.82. The van der Waals surface area contributed by atoms with E-state index in [4.69, 9.17) is 5.11 Å². The number of nitrogens with zero attached hydrogens (tertiary/aromatic N) is 1. The first-order valence-electron chi connectivity index (χ1n) is 4.16. The number of rotatable bonds is 4. The minimum absolute atomic E-state index is 0.102. The van der Waals surface area contributed by atoms with Crippen LogP contribution >= 0.6 is 0 Å². The third-order valence-corrected chi connectivity index (χ3v) is 2.00. The van der Waals surface area contributed by atoms with Gasteiger partial charge in [0.1, 0.15) is 0 Å². The molecule has 1 heterocycles. The van der Waals surface area contributed by atoms with Crippen molar-refractivity contribution < 1.29 is 5.11 Å². The van der Waals surface area contributed by atoms with Gasteiger partial charge in [-0.05, 0) is 12.8 Å². The molecule has 0 fully saturated rings. The first kappa shape index (κ1) is 9.06. The smallest absolute Gasteiger partial charge is 0.325 e. The van der Waals surface area contributed by atoms with Crippen molar-refractivity contribution in [3.63, 3.8) is 0 Å². The summed E-state index contributed by atoms with van der Waals surface area (Å²) in [6.45, 7) is 2.12. The largest absolute Gasteiger partial charge is 0.396 e. The Morgan fingerprint density at radius 1 is 1.75 bits per heavy atom. The maximum atomic E-state index is 11.1. The molecular formula is C8H14N2O2. The van der Waals surface area contributed by atoms with Crippen molar-refractivity contribution in [2.24, 2.45) is 0 Å². The topological polar surface area (TPSA) is 58.0 Å². The van der Waals surface area contributed by atoms with Gasteiger partial charge in [-0.2, -0.15) is 0 Å². The lowest BCUT2D eigenvalue weighted by Gasteiger charge is -2.13. The van der Waals surface area contributed by atoms with E-state index in [0.717, 1.165) is 6.42 Å². The fourth-order valence-corrected chi connectivity index (χ4v) is 1.31. The van der Waals surface area contributed by atoms with Crippen LogP contribution in [0.15, 0.2) is 17.2 Å². The van der Waals surface area contributed by atoms with Gasteiger partial charge in [-0.1, -0.05) is 6.92 Å². The van der Waals surface area contributed by atoms with Crippen LogP contribution in [0.2, 0.25) is 0 Å². The van der Waals surface area contributed by atoms with E-state index >= 15 is 0 Å². The molecule has 4 heteroatoms. The van der Waals surface area contributed by atoms with E-state index in [2.05, 4.69) is 4.98 Å². The third kappa shape index (κ3) is 1.76. The van der Waals surface area contributed by atoms with Crippen LogP contribution < -0.4 is 5.69 Å². The zero-order chi connectivity index (χ0) is 8.97. The predicted octanol–water partition coefficient (Wildman–Crippen LogP) is 0.510. The van der Waals surface area contributed by atoms with Crippen molar-refractivity contribution in [3.8, 4) is 0 Å². The zero-order valence-electron chi connectivity index (χ0n) is 7.16. The molecule has 0 aliphatic carbocycles. The summed E-state index contributed by atoms with van der Waals surface area (Å²) in [4.78, 5) is 13.7. The fraction of sp³-hybridized carbons (Fsp3) is 0.625. The molecule has 4 nitrogen and oxygen atoms in total. The Balaban J connectivity index is 2.79. The number of aliphatic hydroxyl groups is 1. The van der Waals surface area contributed by atoms with Crippen molar-refractivity contribution in [1.82, 2.24) is 9.55 Å². The van der Waals surface area contributed by atoms with E-state index in [1.54, 1.807) is 17.0 Å². The van der Waals surface area contributed by atoms with Gasteiger partial charge >= 0.3 is 5.69 Å². The van der Waals surface area contributed by atoms with Crippen molar-refractivity contribution in [3.05, 3.63) is 22.9 Å². The van der Waals surface area contributed by atoms with Crippen LogP contribution in [-0.2, 0) is 0 Å². The third-order valence-electron chi connectivity index (χ3n) is 2.00. The van der Waals surface area contributed by atoms with Crippen LogP contribution in [0, 0.1) is 0 Å². The molecule has 1 aromatic rings. The highest BCUT2D eigenvalue weighted by atomic mass is 16.3. The highest BCUT2D eigenvalue weighted by Crippen LogP contribution is 2.11. The molecule has 0 radical (unpaired) electrons. The summed E-state index contributed by atoms with van der Waals surface area (Å²) in [5, 5.41) is 8.73. The van der Waals surface area contributed by atoms with Crippen molar-refractivity contribution in [1.29, 1.82) is 0 Å². The van der Waals surface area contributed by atoms with Crippen LogP contribution in [0.3, 0.4) is 0 Å². The number of nitrogens with one attached hydrogen (secondary N) is 1. The highest BCUT2D eigenvalue weighted by Gasteiger charge is 2.08. The molecular weight excluding hydrogens is 156 g/mol. The number of imidazole rings is 1. The molecule has 1 aromatic heterocycles. The molecule has 0 aromatic carbocycles. The van der Waals surface area contributed by atoms with E-state index < -0.39 is 0 Å². The maximum absolute atomic E-state index is 11.1. The highest BCUT2D eigenvalue weighted by molar-refractivity contribution is 4.80. The Bertz CT molecular complexity index is 277. The van der Waals surface area contributed by atoms with Crippen LogP contribution in [0.5, 0.6) is 0 Å². The lowest BCUT2D eigenvalue weighted by molar-refractivity contribution is 0.253. The van der Waals surface area contributed by atoms with Gasteiger partial charge < -0.3 is 10.1 Å². The molecule has 2 N–H and O–H groups in total. The molecule has 0 saturated heterocycles. The molecule has 0 bridgehead atoms. The van der Waals surface area contributed by atoms with Gasteiger partial charge in [0, 0.05) is 25.0 Å². The van der Waals surface area contributed by atoms with Gasteiger partial charge in [-0.15, -0.1) is 0 Å². The number of H-pyrrole nitrogens is 1. The van der Waals surface area contributed by atoms with Crippen LogP contribution in [0.4, 0.5) is 0 Å². The van der Waals surface area contributed by atoms with E-state index in [0.29, 0.717) is 6.42 Å². The van der Waals surface area contributed by atoms with Crippen LogP contribution in [0.1, 0.15) is 25.8 Å². The van der Waals surface area contributed by atoms with Gasteiger partial charge in [0.2, 0.25) is 0 Å². The molecule has 1 unspecified atom stereocenters. The minimum Gasteiger partial charge on any atom is -0.396 e. The molecule has 0 amide bonds. The van der Waals surface area contributed by atoms with E-state index in [1.807, 2.05) is 6.92 Å². The number of aromatic nitrogens is 2. The standard InChI is InChI=1S/C8H14N2O2/c1-2-7(3-6-11)10-5-4-9-8(10)12/h4-5,7,11H,2-3,6H2,1H3,(H,9,12). The van der Waals surface area contributed by atoms with E-state index in [9.17, 15) is 4.79 Å². The lowest BCUT2D eigenvalue weighted by Crippen LogP contribution is -2.22. The Labute approximate surface area is 70.9 Å².